The van der Waals surface area contributed by atoms with Crippen LogP contribution in [0.3, 0.4) is 0 Å². The van der Waals surface area contributed by atoms with Crippen LogP contribution in [0.2, 0.25) is 0 Å². The number of ether oxygens (including phenoxy) is 1. The first-order chi connectivity index (χ1) is 17.1. The standard InChI is InChI=1S/C27H29N3O6/c1-27(2,3)35-26(34)29-14-13-22-21(17-29)23(28-36-22)24(31)30(15-18-7-5-4-6-8-18)16-19-9-11-20(12-10-19)25(32)33/h4-12H,13-17H2,1-3H3,(H,32,33). The van der Waals surface area contributed by atoms with E-state index in [-0.39, 0.29) is 30.3 Å². The summed E-state index contributed by atoms with van der Waals surface area (Å²) in [6.45, 7) is 6.55. The zero-order valence-electron chi connectivity index (χ0n) is 20.6. The second-order valence-corrected chi connectivity index (χ2v) is 9.73. The zero-order valence-corrected chi connectivity index (χ0v) is 20.6. The highest BCUT2D eigenvalue weighted by molar-refractivity contribution is 5.94. The molecule has 1 aliphatic rings. The Morgan fingerprint density at radius 2 is 1.67 bits per heavy atom. The predicted octanol–water partition coefficient (Wildman–Crippen LogP) is 4.51. The fourth-order valence-electron chi connectivity index (χ4n) is 3.99. The molecule has 0 bridgehead atoms. The smallest absolute Gasteiger partial charge is 0.410 e. The minimum Gasteiger partial charge on any atom is -0.478 e. The SMILES string of the molecule is CC(C)(C)OC(=O)N1CCc2onc(C(=O)N(Cc3ccccc3)Cc3ccc(C(=O)O)cc3)c2C1. The maximum Gasteiger partial charge on any atom is 0.410 e. The van der Waals surface area contributed by atoms with Crippen molar-refractivity contribution in [3.05, 3.63) is 88.3 Å². The summed E-state index contributed by atoms with van der Waals surface area (Å²) in [6.07, 6.45) is -0.0168. The van der Waals surface area contributed by atoms with Gasteiger partial charge in [-0.1, -0.05) is 47.6 Å². The summed E-state index contributed by atoms with van der Waals surface area (Å²) in [5.41, 5.74) is 1.99. The van der Waals surface area contributed by atoms with E-state index >= 15 is 0 Å². The largest absolute Gasteiger partial charge is 0.478 e. The molecule has 9 heteroatoms. The maximum atomic E-state index is 13.7. The lowest BCUT2D eigenvalue weighted by atomic mass is 10.0. The van der Waals surface area contributed by atoms with Crippen LogP contribution in [0.4, 0.5) is 4.79 Å². The first-order valence-electron chi connectivity index (χ1n) is 11.7. The van der Waals surface area contributed by atoms with Gasteiger partial charge >= 0.3 is 12.1 Å². The van der Waals surface area contributed by atoms with Crippen LogP contribution < -0.4 is 0 Å². The van der Waals surface area contributed by atoms with Gasteiger partial charge in [0.1, 0.15) is 11.4 Å². The summed E-state index contributed by atoms with van der Waals surface area (Å²) in [5.74, 6) is -0.761. The summed E-state index contributed by atoms with van der Waals surface area (Å²) < 4.78 is 11.0. The fraction of sp³-hybridized carbons (Fsp3) is 0.333. The normalized spacial score (nSPS) is 13.1. The lowest BCUT2D eigenvalue weighted by Gasteiger charge is -2.29. The number of fused-ring (bicyclic) bond motifs is 1. The molecule has 0 saturated carbocycles. The van der Waals surface area contributed by atoms with E-state index in [1.54, 1.807) is 42.7 Å². The molecule has 1 N–H and O–H groups in total. The Balaban J connectivity index is 1.59. The molecule has 36 heavy (non-hydrogen) atoms. The third-order valence-corrected chi connectivity index (χ3v) is 5.76. The molecule has 0 radical (unpaired) electrons. The van der Waals surface area contributed by atoms with Crippen LogP contribution in [-0.4, -0.2) is 50.2 Å². The molecule has 0 saturated heterocycles. The van der Waals surface area contributed by atoms with Gasteiger partial charge in [-0.3, -0.25) is 4.79 Å². The number of carboxylic acid groups (broad SMARTS) is 1. The summed E-state index contributed by atoms with van der Waals surface area (Å²) in [5, 5.41) is 13.3. The number of benzene rings is 2. The molecule has 2 heterocycles. The Bertz CT molecular complexity index is 1240. The van der Waals surface area contributed by atoms with Crippen LogP contribution in [-0.2, 0) is 30.8 Å². The summed E-state index contributed by atoms with van der Waals surface area (Å²) in [4.78, 5) is 40.8. The maximum absolute atomic E-state index is 13.7. The number of hydrogen-bond donors (Lipinski definition) is 1. The average molecular weight is 492 g/mol. The van der Waals surface area contributed by atoms with Crippen molar-refractivity contribution in [3.8, 4) is 0 Å². The highest BCUT2D eigenvalue weighted by Gasteiger charge is 2.33. The lowest BCUT2D eigenvalue weighted by Crippen LogP contribution is -2.40. The molecule has 0 aliphatic carbocycles. The number of rotatable bonds is 6. The molecule has 188 valence electrons. The monoisotopic (exact) mass is 491 g/mol. The minimum absolute atomic E-state index is 0.163. The van der Waals surface area contributed by atoms with Gasteiger partial charge in [-0.25, -0.2) is 9.59 Å². The van der Waals surface area contributed by atoms with E-state index in [2.05, 4.69) is 5.16 Å². The van der Waals surface area contributed by atoms with Crippen molar-refractivity contribution >= 4 is 18.0 Å². The third-order valence-electron chi connectivity index (χ3n) is 5.76. The molecule has 1 aliphatic heterocycles. The summed E-state index contributed by atoms with van der Waals surface area (Å²) >= 11 is 0. The number of carboxylic acids is 1. The number of carbonyl (C=O) groups excluding carboxylic acids is 2. The number of aromatic carboxylic acids is 1. The molecule has 9 nitrogen and oxygen atoms in total. The molecule has 2 aromatic carbocycles. The highest BCUT2D eigenvalue weighted by atomic mass is 16.6. The first-order valence-corrected chi connectivity index (χ1v) is 11.7. The molecule has 0 spiro atoms. The number of hydrogen-bond acceptors (Lipinski definition) is 6. The molecular formula is C27H29N3O6. The van der Waals surface area contributed by atoms with E-state index < -0.39 is 17.7 Å². The van der Waals surface area contributed by atoms with E-state index in [1.807, 2.05) is 30.3 Å². The van der Waals surface area contributed by atoms with Gasteiger partial charge < -0.3 is 24.2 Å². The van der Waals surface area contributed by atoms with E-state index in [1.165, 1.54) is 12.1 Å². The van der Waals surface area contributed by atoms with Gasteiger partial charge in [-0.15, -0.1) is 0 Å². The van der Waals surface area contributed by atoms with Crippen LogP contribution >= 0.6 is 0 Å². The Morgan fingerprint density at radius 3 is 2.28 bits per heavy atom. The van der Waals surface area contributed by atoms with Gasteiger partial charge in [0, 0.05) is 31.6 Å². The Hall–Kier alpha value is -4.14. The van der Waals surface area contributed by atoms with Crippen molar-refractivity contribution in [3.63, 3.8) is 0 Å². The molecule has 4 rings (SSSR count). The Labute approximate surface area is 209 Å². The van der Waals surface area contributed by atoms with Crippen LogP contribution in [0.25, 0.3) is 0 Å². The molecule has 2 amide bonds. The molecule has 3 aromatic rings. The van der Waals surface area contributed by atoms with Crippen molar-refractivity contribution < 1.29 is 28.8 Å². The van der Waals surface area contributed by atoms with E-state index in [0.29, 0.717) is 30.8 Å². The Morgan fingerprint density at radius 1 is 1.03 bits per heavy atom. The first kappa shape index (κ1) is 25.0. The van der Waals surface area contributed by atoms with Crippen LogP contribution in [0.15, 0.2) is 59.1 Å². The zero-order chi connectivity index (χ0) is 25.9. The quantitative estimate of drug-likeness (QED) is 0.540. The lowest BCUT2D eigenvalue weighted by molar-refractivity contribution is 0.0217. The molecule has 1 aromatic heterocycles. The molecule has 0 unspecified atom stereocenters. The van der Waals surface area contributed by atoms with Gasteiger partial charge in [-0.05, 0) is 44.0 Å². The predicted molar refractivity (Wildman–Crippen MR) is 130 cm³/mol. The average Bonchev–Trinajstić information content (AvgIpc) is 3.26. The minimum atomic E-state index is -1.01. The summed E-state index contributed by atoms with van der Waals surface area (Å²) in [6, 6.07) is 16.0. The van der Waals surface area contributed by atoms with E-state index in [4.69, 9.17) is 9.26 Å². The number of carbonyl (C=O) groups is 3. The van der Waals surface area contributed by atoms with E-state index in [0.717, 1.165) is 11.1 Å². The number of amides is 2. The highest BCUT2D eigenvalue weighted by Crippen LogP contribution is 2.26. The third kappa shape index (κ3) is 5.91. The van der Waals surface area contributed by atoms with Crippen LogP contribution in [0.5, 0.6) is 0 Å². The molecular weight excluding hydrogens is 462 g/mol. The van der Waals surface area contributed by atoms with Crippen molar-refractivity contribution in [1.82, 2.24) is 15.0 Å². The van der Waals surface area contributed by atoms with Crippen LogP contribution in [0.1, 0.15) is 64.1 Å². The fourth-order valence-corrected chi connectivity index (χ4v) is 3.99. The summed E-state index contributed by atoms with van der Waals surface area (Å²) in [7, 11) is 0. The van der Waals surface area contributed by atoms with Crippen molar-refractivity contribution in [2.75, 3.05) is 6.54 Å². The second kappa shape index (κ2) is 10.2. The van der Waals surface area contributed by atoms with Crippen molar-refractivity contribution in [2.45, 2.75) is 52.4 Å². The van der Waals surface area contributed by atoms with Gasteiger partial charge in [0.15, 0.2) is 5.69 Å². The van der Waals surface area contributed by atoms with E-state index in [9.17, 15) is 19.5 Å². The van der Waals surface area contributed by atoms with Gasteiger partial charge in [-0.2, -0.15) is 0 Å². The number of aromatic nitrogens is 1. The topological polar surface area (TPSA) is 113 Å². The van der Waals surface area contributed by atoms with Crippen molar-refractivity contribution in [1.29, 1.82) is 0 Å². The van der Waals surface area contributed by atoms with Crippen LogP contribution in [0, 0.1) is 0 Å². The molecule has 0 atom stereocenters. The van der Waals surface area contributed by atoms with Gasteiger partial charge in [0.2, 0.25) is 0 Å². The van der Waals surface area contributed by atoms with Gasteiger partial charge in [0.25, 0.3) is 5.91 Å². The number of nitrogens with zero attached hydrogens (tertiary/aromatic N) is 3. The Kier molecular flexibility index (Phi) is 7.10. The molecule has 0 fully saturated rings. The van der Waals surface area contributed by atoms with Crippen molar-refractivity contribution in [2.24, 2.45) is 0 Å². The second-order valence-electron chi connectivity index (χ2n) is 9.73. The van der Waals surface area contributed by atoms with Gasteiger partial charge in [0.05, 0.1) is 12.1 Å².